The number of sulfonamides is 1. The average molecular weight is 346 g/mol. The molecule has 0 bridgehead atoms. The molecule has 0 aliphatic carbocycles. The Morgan fingerprint density at radius 1 is 1.29 bits per heavy atom. The Hall–Kier alpha value is -1.41. The number of carboxylic acids is 1. The third kappa shape index (κ3) is 4.28. The number of rotatable bonds is 6. The van der Waals surface area contributed by atoms with E-state index < -0.39 is 16.0 Å². The first kappa shape index (κ1) is 16.0. The van der Waals surface area contributed by atoms with Gasteiger partial charge in [0.25, 0.3) is 0 Å². The van der Waals surface area contributed by atoms with Crippen LogP contribution in [-0.2, 0) is 16.4 Å². The number of hydrogen-bond donors (Lipinski definition) is 2. The monoisotopic (exact) mass is 345 g/mol. The Balaban J connectivity index is 1.97. The smallest absolute Gasteiger partial charge is 0.345 e. The Kier molecular flexibility index (Phi) is 5.00. The highest BCUT2D eigenvalue weighted by atomic mass is 35.5. The topological polar surface area (TPSA) is 83.5 Å². The standard InChI is InChI=1S/C13H12ClNO4S2/c14-10-3-1-9(2-4-10)5-6-15-21(18,19)11-7-12(13(16)17)20-8-11/h1-4,7-8,15H,5-6H2,(H,16,17). The van der Waals surface area contributed by atoms with E-state index in [0.29, 0.717) is 11.4 Å². The molecule has 0 atom stereocenters. The molecule has 1 heterocycles. The van der Waals surface area contributed by atoms with Crippen molar-refractivity contribution in [1.29, 1.82) is 0 Å². The van der Waals surface area contributed by atoms with Gasteiger partial charge in [0.15, 0.2) is 0 Å². The van der Waals surface area contributed by atoms with Crippen molar-refractivity contribution in [3.63, 3.8) is 0 Å². The molecule has 2 aromatic rings. The molecule has 0 saturated heterocycles. The van der Waals surface area contributed by atoms with E-state index >= 15 is 0 Å². The average Bonchev–Trinajstić information content (AvgIpc) is 2.91. The van der Waals surface area contributed by atoms with Gasteiger partial charge in [-0.1, -0.05) is 23.7 Å². The number of hydrogen-bond acceptors (Lipinski definition) is 4. The fourth-order valence-electron chi connectivity index (χ4n) is 1.64. The number of carbonyl (C=O) groups is 1. The van der Waals surface area contributed by atoms with Gasteiger partial charge in [-0.05, 0) is 30.2 Å². The van der Waals surface area contributed by atoms with Crippen molar-refractivity contribution in [2.75, 3.05) is 6.54 Å². The van der Waals surface area contributed by atoms with Gasteiger partial charge in [-0.15, -0.1) is 11.3 Å². The molecule has 0 aliphatic rings. The fraction of sp³-hybridized carbons (Fsp3) is 0.154. The normalized spacial score (nSPS) is 11.5. The quantitative estimate of drug-likeness (QED) is 0.843. The van der Waals surface area contributed by atoms with Crippen molar-refractivity contribution in [3.8, 4) is 0 Å². The molecule has 0 saturated carbocycles. The van der Waals surface area contributed by atoms with Gasteiger partial charge < -0.3 is 5.11 Å². The number of carboxylic acid groups (broad SMARTS) is 1. The van der Waals surface area contributed by atoms with Gasteiger partial charge in [0, 0.05) is 16.9 Å². The first-order chi connectivity index (χ1) is 9.88. The molecule has 0 spiro atoms. The Bertz CT molecular complexity index is 738. The van der Waals surface area contributed by atoms with Crippen molar-refractivity contribution in [2.24, 2.45) is 0 Å². The lowest BCUT2D eigenvalue weighted by Gasteiger charge is -2.05. The van der Waals surface area contributed by atoms with Crippen molar-refractivity contribution in [2.45, 2.75) is 11.3 Å². The van der Waals surface area contributed by atoms with E-state index in [1.807, 2.05) is 12.1 Å². The maximum atomic E-state index is 12.0. The van der Waals surface area contributed by atoms with Crippen LogP contribution in [0.25, 0.3) is 0 Å². The minimum Gasteiger partial charge on any atom is -0.477 e. The summed E-state index contributed by atoms with van der Waals surface area (Å²) in [5.41, 5.74) is 0.957. The summed E-state index contributed by atoms with van der Waals surface area (Å²) in [6, 6.07) is 8.28. The summed E-state index contributed by atoms with van der Waals surface area (Å²) in [6.07, 6.45) is 0.520. The molecule has 0 amide bonds. The molecule has 2 rings (SSSR count). The molecule has 1 aromatic carbocycles. The van der Waals surface area contributed by atoms with E-state index in [9.17, 15) is 13.2 Å². The molecule has 8 heteroatoms. The summed E-state index contributed by atoms with van der Waals surface area (Å²) in [4.78, 5) is 10.7. The second-order valence-corrected chi connectivity index (χ2v) is 7.34. The van der Waals surface area contributed by atoms with Crippen LogP contribution in [0.2, 0.25) is 5.02 Å². The maximum Gasteiger partial charge on any atom is 0.345 e. The first-order valence-corrected chi connectivity index (χ1v) is 8.68. The number of nitrogens with one attached hydrogen (secondary N) is 1. The number of halogens is 1. The van der Waals surface area contributed by atoms with Gasteiger partial charge in [0.1, 0.15) is 4.88 Å². The predicted octanol–water partition coefficient (Wildman–Crippen LogP) is 2.62. The lowest BCUT2D eigenvalue weighted by Crippen LogP contribution is -2.25. The molecule has 0 fully saturated rings. The highest BCUT2D eigenvalue weighted by molar-refractivity contribution is 7.89. The van der Waals surface area contributed by atoms with Crippen LogP contribution in [0.3, 0.4) is 0 Å². The zero-order valence-corrected chi connectivity index (χ0v) is 13.1. The second kappa shape index (κ2) is 6.57. The Morgan fingerprint density at radius 2 is 1.95 bits per heavy atom. The summed E-state index contributed by atoms with van der Waals surface area (Å²) in [5.74, 6) is -1.14. The third-order valence-electron chi connectivity index (χ3n) is 2.72. The lowest BCUT2D eigenvalue weighted by molar-refractivity contribution is 0.0702. The van der Waals surface area contributed by atoms with Crippen LogP contribution in [0.1, 0.15) is 15.2 Å². The molecule has 112 valence electrons. The van der Waals surface area contributed by atoms with Crippen LogP contribution < -0.4 is 4.72 Å². The fourth-order valence-corrected chi connectivity index (χ4v) is 3.91. The molecule has 0 radical (unpaired) electrons. The van der Waals surface area contributed by atoms with Crippen LogP contribution in [0.5, 0.6) is 0 Å². The zero-order chi connectivity index (χ0) is 15.5. The zero-order valence-electron chi connectivity index (χ0n) is 10.7. The van der Waals surface area contributed by atoms with E-state index in [0.717, 1.165) is 23.0 Å². The van der Waals surface area contributed by atoms with Gasteiger partial charge in [-0.3, -0.25) is 0 Å². The number of aromatic carboxylic acids is 1. The van der Waals surface area contributed by atoms with Gasteiger partial charge in [0.2, 0.25) is 10.0 Å². The van der Waals surface area contributed by atoms with E-state index in [2.05, 4.69) is 4.72 Å². The second-order valence-electron chi connectivity index (χ2n) is 4.23. The molecule has 21 heavy (non-hydrogen) atoms. The SMILES string of the molecule is O=C(O)c1cc(S(=O)(=O)NCCc2ccc(Cl)cc2)cs1. The van der Waals surface area contributed by atoms with Gasteiger partial charge in [-0.2, -0.15) is 0 Å². The maximum absolute atomic E-state index is 12.0. The molecule has 2 N–H and O–H groups in total. The minimum absolute atomic E-state index is 0.00641. The van der Waals surface area contributed by atoms with Gasteiger partial charge in [0.05, 0.1) is 4.90 Å². The predicted molar refractivity (Wildman–Crippen MR) is 81.6 cm³/mol. The van der Waals surface area contributed by atoms with E-state index in [1.54, 1.807) is 12.1 Å². The number of thiophene rings is 1. The van der Waals surface area contributed by atoms with E-state index in [-0.39, 0.29) is 16.3 Å². The summed E-state index contributed by atoms with van der Waals surface area (Å²) in [6.45, 7) is 0.224. The van der Waals surface area contributed by atoms with Gasteiger partial charge >= 0.3 is 5.97 Å². The first-order valence-electron chi connectivity index (χ1n) is 5.94. The van der Waals surface area contributed by atoms with Crippen LogP contribution in [0.15, 0.2) is 40.6 Å². The summed E-state index contributed by atoms with van der Waals surface area (Å²) >= 11 is 6.65. The van der Waals surface area contributed by atoms with Crippen LogP contribution in [0.4, 0.5) is 0 Å². The summed E-state index contributed by atoms with van der Waals surface area (Å²) in [5, 5.41) is 10.7. The largest absolute Gasteiger partial charge is 0.477 e. The molecule has 5 nitrogen and oxygen atoms in total. The van der Waals surface area contributed by atoms with Crippen LogP contribution in [0, 0.1) is 0 Å². The van der Waals surface area contributed by atoms with Crippen LogP contribution in [-0.4, -0.2) is 26.0 Å². The lowest BCUT2D eigenvalue weighted by atomic mass is 10.2. The van der Waals surface area contributed by atoms with Crippen molar-refractivity contribution >= 4 is 38.9 Å². The van der Waals surface area contributed by atoms with Crippen molar-refractivity contribution in [1.82, 2.24) is 4.72 Å². The minimum atomic E-state index is -3.68. The number of benzene rings is 1. The van der Waals surface area contributed by atoms with Gasteiger partial charge in [-0.25, -0.2) is 17.9 Å². The highest BCUT2D eigenvalue weighted by Gasteiger charge is 2.17. The van der Waals surface area contributed by atoms with Crippen LogP contribution >= 0.6 is 22.9 Å². The molecular weight excluding hydrogens is 334 g/mol. The van der Waals surface area contributed by atoms with Crippen molar-refractivity contribution < 1.29 is 18.3 Å². The molecule has 1 aromatic heterocycles. The van der Waals surface area contributed by atoms with E-state index in [4.69, 9.17) is 16.7 Å². The molecule has 0 aliphatic heterocycles. The third-order valence-corrected chi connectivity index (χ3v) is 5.48. The van der Waals surface area contributed by atoms with E-state index in [1.165, 1.54) is 5.38 Å². The highest BCUT2D eigenvalue weighted by Crippen LogP contribution is 2.19. The summed E-state index contributed by atoms with van der Waals surface area (Å²) < 4.78 is 26.4. The van der Waals surface area contributed by atoms with Crippen molar-refractivity contribution in [3.05, 3.63) is 51.2 Å². The Labute approximate surface area is 131 Å². The molecular formula is C13H12ClNO4S2. The summed E-state index contributed by atoms with van der Waals surface area (Å²) in [7, 11) is -3.68. The Morgan fingerprint density at radius 3 is 2.52 bits per heavy atom. The molecule has 0 unspecified atom stereocenters.